The van der Waals surface area contributed by atoms with Crippen molar-refractivity contribution in [2.45, 2.75) is 39.8 Å². The maximum atomic E-state index is 10.7. The lowest BCUT2D eigenvalue weighted by Crippen LogP contribution is -2.30. The van der Waals surface area contributed by atoms with E-state index in [1.54, 1.807) is 0 Å². The van der Waals surface area contributed by atoms with Crippen molar-refractivity contribution in [2.75, 3.05) is 7.05 Å². The molecule has 1 atom stereocenters. The van der Waals surface area contributed by atoms with E-state index in [0.29, 0.717) is 0 Å². The van der Waals surface area contributed by atoms with Crippen LogP contribution in [0, 0.1) is 13.8 Å². The summed E-state index contributed by atoms with van der Waals surface area (Å²) in [5.41, 5.74) is 3.78. The third-order valence-corrected chi connectivity index (χ3v) is 3.14. The van der Waals surface area contributed by atoms with Gasteiger partial charge in [0.1, 0.15) is 0 Å². The SMILES string of the molecule is Cc1ccc(CN(C)C(C)CC(=O)O)c(C)c1. The quantitative estimate of drug-likeness (QED) is 0.852. The van der Waals surface area contributed by atoms with Gasteiger partial charge in [0.05, 0.1) is 6.42 Å². The Balaban J connectivity index is 2.67. The van der Waals surface area contributed by atoms with Crippen LogP contribution in [0.15, 0.2) is 18.2 Å². The van der Waals surface area contributed by atoms with Gasteiger partial charge in [-0.2, -0.15) is 0 Å². The lowest BCUT2D eigenvalue weighted by atomic mass is 10.0. The molecule has 1 aromatic carbocycles. The zero-order chi connectivity index (χ0) is 13.0. The van der Waals surface area contributed by atoms with Crippen LogP contribution in [0.3, 0.4) is 0 Å². The van der Waals surface area contributed by atoms with Gasteiger partial charge in [0.15, 0.2) is 0 Å². The van der Waals surface area contributed by atoms with Gasteiger partial charge in [-0.25, -0.2) is 0 Å². The van der Waals surface area contributed by atoms with E-state index in [-0.39, 0.29) is 12.5 Å². The van der Waals surface area contributed by atoms with E-state index in [4.69, 9.17) is 5.11 Å². The highest BCUT2D eigenvalue weighted by atomic mass is 16.4. The summed E-state index contributed by atoms with van der Waals surface area (Å²) in [6.07, 6.45) is 0.182. The fraction of sp³-hybridized carbons (Fsp3) is 0.500. The Kier molecular flexibility index (Phi) is 4.70. The molecule has 94 valence electrons. The van der Waals surface area contributed by atoms with E-state index < -0.39 is 5.97 Å². The Bertz CT molecular complexity index is 401. The zero-order valence-electron chi connectivity index (χ0n) is 11.0. The van der Waals surface area contributed by atoms with Crippen LogP contribution < -0.4 is 0 Å². The van der Waals surface area contributed by atoms with E-state index in [0.717, 1.165) is 6.54 Å². The molecule has 1 rings (SSSR count). The minimum absolute atomic E-state index is 0.0493. The normalized spacial score (nSPS) is 12.8. The summed E-state index contributed by atoms with van der Waals surface area (Å²) < 4.78 is 0. The van der Waals surface area contributed by atoms with Crippen molar-refractivity contribution < 1.29 is 9.90 Å². The van der Waals surface area contributed by atoms with Gasteiger partial charge in [0.25, 0.3) is 0 Å². The predicted molar refractivity (Wildman–Crippen MR) is 69.1 cm³/mol. The molecule has 0 aliphatic carbocycles. The van der Waals surface area contributed by atoms with Gasteiger partial charge in [-0.3, -0.25) is 9.69 Å². The van der Waals surface area contributed by atoms with Crippen LogP contribution in [-0.4, -0.2) is 29.1 Å². The maximum absolute atomic E-state index is 10.7. The Morgan fingerprint density at radius 3 is 2.59 bits per heavy atom. The summed E-state index contributed by atoms with van der Waals surface area (Å²) in [5, 5.41) is 8.76. The van der Waals surface area contributed by atoms with Crippen molar-refractivity contribution in [3.63, 3.8) is 0 Å². The number of nitrogens with zero attached hydrogens (tertiary/aromatic N) is 1. The molecule has 3 nitrogen and oxygen atoms in total. The number of carboxylic acid groups (broad SMARTS) is 1. The van der Waals surface area contributed by atoms with Crippen LogP contribution >= 0.6 is 0 Å². The second-order valence-corrected chi connectivity index (χ2v) is 4.79. The Morgan fingerprint density at radius 2 is 2.06 bits per heavy atom. The van der Waals surface area contributed by atoms with Crippen molar-refractivity contribution in [2.24, 2.45) is 0 Å². The van der Waals surface area contributed by atoms with Gasteiger partial charge in [-0.15, -0.1) is 0 Å². The number of hydrogen-bond donors (Lipinski definition) is 1. The molecule has 1 N–H and O–H groups in total. The van der Waals surface area contributed by atoms with E-state index in [2.05, 4.69) is 36.9 Å². The molecular weight excluding hydrogens is 214 g/mol. The molecule has 3 heteroatoms. The highest BCUT2D eigenvalue weighted by Crippen LogP contribution is 2.14. The lowest BCUT2D eigenvalue weighted by Gasteiger charge is -2.24. The molecule has 0 aliphatic rings. The van der Waals surface area contributed by atoms with Gasteiger partial charge in [0, 0.05) is 12.6 Å². The number of benzene rings is 1. The topological polar surface area (TPSA) is 40.5 Å². The van der Waals surface area contributed by atoms with Crippen molar-refractivity contribution in [3.8, 4) is 0 Å². The summed E-state index contributed by atoms with van der Waals surface area (Å²) in [5.74, 6) is -0.745. The summed E-state index contributed by atoms with van der Waals surface area (Å²) >= 11 is 0. The maximum Gasteiger partial charge on any atom is 0.304 e. The van der Waals surface area contributed by atoms with Gasteiger partial charge >= 0.3 is 5.97 Å². The summed E-state index contributed by atoms with van der Waals surface area (Å²) in [7, 11) is 1.97. The predicted octanol–water partition coefficient (Wildman–Crippen LogP) is 2.60. The standard InChI is InChI=1S/C14H21NO2/c1-10-5-6-13(11(2)7-10)9-15(4)12(3)8-14(16)17/h5-7,12H,8-9H2,1-4H3,(H,16,17). The molecule has 0 saturated heterocycles. The van der Waals surface area contributed by atoms with Crippen LogP contribution in [0.5, 0.6) is 0 Å². The summed E-state index contributed by atoms with van der Waals surface area (Å²) in [6, 6.07) is 6.42. The molecule has 0 fully saturated rings. The summed E-state index contributed by atoms with van der Waals surface area (Å²) in [6.45, 7) is 6.91. The molecule has 0 saturated carbocycles. The number of aliphatic carboxylic acids is 1. The van der Waals surface area contributed by atoms with Gasteiger partial charge in [0.2, 0.25) is 0 Å². The van der Waals surface area contributed by atoms with Crippen LogP contribution in [-0.2, 0) is 11.3 Å². The first-order chi connectivity index (χ1) is 7.90. The van der Waals surface area contributed by atoms with E-state index in [9.17, 15) is 4.79 Å². The molecule has 0 aliphatic heterocycles. The van der Waals surface area contributed by atoms with E-state index >= 15 is 0 Å². The fourth-order valence-corrected chi connectivity index (χ4v) is 1.86. The van der Waals surface area contributed by atoms with Crippen molar-refractivity contribution in [3.05, 3.63) is 34.9 Å². The first-order valence-corrected chi connectivity index (χ1v) is 5.88. The molecular formula is C14H21NO2. The lowest BCUT2D eigenvalue weighted by molar-refractivity contribution is -0.138. The first-order valence-electron chi connectivity index (χ1n) is 5.88. The summed E-state index contributed by atoms with van der Waals surface area (Å²) in [4.78, 5) is 12.7. The minimum Gasteiger partial charge on any atom is -0.481 e. The molecule has 17 heavy (non-hydrogen) atoms. The van der Waals surface area contributed by atoms with Crippen molar-refractivity contribution in [1.29, 1.82) is 0 Å². The second kappa shape index (κ2) is 5.82. The molecule has 0 amide bonds. The average Bonchev–Trinajstić information content (AvgIpc) is 2.21. The number of carboxylic acids is 1. The molecule has 1 unspecified atom stereocenters. The third-order valence-electron chi connectivity index (χ3n) is 3.14. The smallest absolute Gasteiger partial charge is 0.304 e. The third kappa shape index (κ3) is 4.19. The first kappa shape index (κ1) is 13.7. The molecule has 0 radical (unpaired) electrons. The van der Waals surface area contributed by atoms with Crippen LogP contribution in [0.25, 0.3) is 0 Å². The average molecular weight is 235 g/mol. The van der Waals surface area contributed by atoms with E-state index in [1.807, 2.05) is 14.0 Å². The van der Waals surface area contributed by atoms with Crippen molar-refractivity contribution in [1.82, 2.24) is 4.90 Å². The van der Waals surface area contributed by atoms with Crippen molar-refractivity contribution >= 4 is 5.97 Å². The Labute approximate surface area is 103 Å². The minimum atomic E-state index is -0.745. The molecule has 1 aromatic rings. The molecule has 0 bridgehead atoms. The Morgan fingerprint density at radius 1 is 1.41 bits per heavy atom. The largest absolute Gasteiger partial charge is 0.481 e. The number of aryl methyl sites for hydroxylation is 2. The van der Waals surface area contributed by atoms with Crippen LogP contribution in [0.1, 0.15) is 30.0 Å². The number of carbonyl (C=O) groups is 1. The molecule has 0 heterocycles. The fourth-order valence-electron chi connectivity index (χ4n) is 1.86. The van der Waals surface area contributed by atoms with E-state index in [1.165, 1.54) is 16.7 Å². The highest BCUT2D eigenvalue weighted by Gasteiger charge is 2.13. The zero-order valence-corrected chi connectivity index (χ0v) is 11.0. The number of rotatable bonds is 5. The number of hydrogen-bond acceptors (Lipinski definition) is 2. The van der Waals surface area contributed by atoms with Gasteiger partial charge in [-0.1, -0.05) is 23.8 Å². The highest BCUT2D eigenvalue weighted by molar-refractivity contribution is 5.67. The Hall–Kier alpha value is -1.35. The monoisotopic (exact) mass is 235 g/mol. The van der Waals surface area contributed by atoms with Gasteiger partial charge in [-0.05, 0) is 38.9 Å². The van der Waals surface area contributed by atoms with Crippen LogP contribution in [0.4, 0.5) is 0 Å². The molecule has 0 spiro atoms. The second-order valence-electron chi connectivity index (χ2n) is 4.79. The molecule has 0 aromatic heterocycles. The van der Waals surface area contributed by atoms with Crippen LogP contribution in [0.2, 0.25) is 0 Å². The van der Waals surface area contributed by atoms with Gasteiger partial charge < -0.3 is 5.11 Å².